The number of furan rings is 1. The number of aromatic amines is 2. The zero-order valence-corrected chi connectivity index (χ0v) is 35.2. The van der Waals surface area contributed by atoms with E-state index < -0.39 is 11.7 Å². The smallest absolute Gasteiger partial charge is 0.418 e. The Hall–Kier alpha value is -6.65. The number of nitrogens with zero attached hydrogens (tertiary/aromatic N) is 7. The first-order valence-corrected chi connectivity index (χ1v) is 21.0. The summed E-state index contributed by atoms with van der Waals surface area (Å²) in [5.41, 5.74) is 7.32. The van der Waals surface area contributed by atoms with E-state index in [-0.39, 0.29) is 0 Å². The van der Waals surface area contributed by atoms with Gasteiger partial charge in [0.15, 0.2) is 0 Å². The van der Waals surface area contributed by atoms with Crippen molar-refractivity contribution < 1.29 is 23.4 Å². The lowest BCUT2D eigenvalue weighted by Gasteiger charge is -2.27. The molecule has 316 valence electrons. The van der Waals surface area contributed by atoms with Gasteiger partial charge >= 0.3 is 6.09 Å². The highest BCUT2D eigenvalue weighted by molar-refractivity contribution is 6.09. The van der Waals surface area contributed by atoms with Crippen LogP contribution in [0.3, 0.4) is 0 Å². The van der Waals surface area contributed by atoms with E-state index in [1.807, 2.05) is 77.1 Å². The molecule has 16 heteroatoms. The number of benzene rings is 2. The highest BCUT2D eigenvalue weighted by Gasteiger charge is 2.23. The second kappa shape index (κ2) is 16.8. The summed E-state index contributed by atoms with van der Waals surface area (Å²) in [6.07, 6.45) is 3.00. The third kappa shape index (κ3) is 8.15. The number of aromatic nitrogens is 7. The number of carbonyl (C=O) groups is 1. The summed E-state index contributed by atoms with van der Waals surface area (Å²) >= 11 is 0. The first-order chi connectivity index (χ1) is 29.7. The number of hydrogen-bond donors (Lipinski definition) is 4. The molecule has 0 unspecified atom stereocenters. The van der Waals surface area contributed by atoms with Crippen LogP contribution in [0.25, 0.3) is 66.5 Å². The molecule has 2 aromatic carbocycles. The maximum Gasteiger partial charge on any atom is 0.418 e. The van der Waals surface area contributed by atoms with Crippen molar-refractivity contribution in [1.82, 2.24) is 45.1 Å². The Morgan fingerprint density at radius 3 is 1.75 bits per heavy atom. The summed E-state index contributed by atoms with van der Waals surface area (Å²) in [6.45, 7) is 17.7. The third-order valence-corrected chi connectivity index (χ3v) is 10.6. The van der Waals surface area contributed by atoms with E-state index in [9.17, 15) is 4.79 Å². The van der Waals surface area contributed by atoms with Gasteiger partial charge in [0.05, 0.1) is 25.2 Å². The van der Waals surface area contributed by atoms with Crippen molar-refractivity contribution in [2.75, 3.05) is 75.4 Å². The zero-order chi connectivity index (χ0) is 42.1. The number of H-pyrrole nitrogens is 2. The molecule has 2 fully saturated rings. The average molecular weight is 826 g/mol. The monoisotopic (exact) mass is 825 g/mol. The molecule has 16 nitrogen and oxygen atoms in total. The molecule has 0 amide bonds. The summed E-state index contributed by atoms with van der Waals surface area (Å²) in [4.78, 5) is 43.2. The van der Waals surface area contributed by atoms with E-state index in [1.165, 1.54) is 4.57 Å². The van der Waals surface area contributed by atoms with Gasteiger partial charge in [0.25, 0.3) is 0 Å². The molecule has 6 aromatic heterocycles. The van der Waals surface area contributed by atoms with E-state index in [4.69, 9.17) is 38.6 Å². The van der Waals surface area contributed by atoms with Gasteiger partial charge < -0.3 is 49.0 Å². The van der Waals surface area contributed by atoms with Gasteiger partial charge in [0, 0.05) is 91.5 Å². The fourth-order valence-corrected chi connectivity index (χ4v) is 7.79. The van der Waals surface area contributed by atoms with Crippen LogP contribution in [0.5, 0.6) is 11.8 Å². The SMILES string of the molecule is CCOc1nc(N2CCNCC2)nc2c1[nH]c1cc(-c3cccn3C(=O)OC(C)(C)C)ccc12.CCOc1nc(N2CCNCC2)nc2c1[nH]c1cc(-c3ccco3)ccc12. The Kier molecular flexibility index (Phi) is 10.9. The van der Waals surface area contributed by atoms with Crippen molar-refractivity contribution in [3.8, 4) is 34.3 Å². The van der Waals surface area contributed by atoms with Gasteiger partial charge in [-0.05, 0) is 83.1 Å². The van der Waals surface area contributed by atoms with Crippen LogP contribution in [0, 0.1) is 0 Å². The van der Waals surface area contributed by atoms with Crippen molar-refractivity contribution in [3.63, 3.8) is 0 Å². The second-order valence-corrected chi connectivity index (χ2v) is 15.9. The average Bonchev–Trinajstić information content (AvgIpc) is 4.10. The predicted molar refractivity (Wildman–Crippen MR) is 238 cm³/mol. The number of nitrogens with one attached hydrogen (secondary N) is 4. The lowest BCUT2D eigenvalue weighted by molar-refractivity contribution is 0.0540. The number of hydrogen-bond acceptors (Lipinski definition) is 13. The first-order valence-electron chi connectivity index (χ1n) is 21.0. The molecule has 0 atom stereocenters. The second-order valence-electron chi connectivity index (χ2n) is 15.9. The number of ether oxygens (including phenoxy) is 3. The normalized spacial score (nSPS) is 14.8. The standard InChI is InChI=1S/C25H30N6O3.C20H21N5O2/c1-5-33-22-21-20(28-23(29-22)30-13-10-26-11-14-30)17-9-8-16(15-18(17)27-21)19-7-6-12-31(19)24(32)34-25(2,3)4;1-2-26-19-18-17(23-20(24-19)25-9-7-21-8-10-25)14-6-5-13(12-15(14)22-18)16-4-3-11-27-16/h6-9,12,15,26-27H,5,10-11,13-14H2,1-4H3;3-6,11-12,21-22H,2,7-10H2,1H3. The number of anilines is 2. The quantitative estimate of drug-likeness (QED) is 0.120. The Balaban J connectivity index is 0.000000160. The number of carbonyl (C=O) groups excluding carboxylic acids is 1. The minimum absolute atomic E-state index is 0.408. The fraction of sp³-hybridized carbons (Fsp3) is 0.356. The number of piperazine rings is 2. The maximum absolute atomic E-state index is 12.7. The lowest BCUT2D eigenvalue weighted by Crippen LogP contribution is -2.44. The van der Waals surface area contributed by atoms with Gasteiger partial charge in [-0.25, -0.2) is 14.8 Å². The Bertz CT molecular complexity index is 2810. The predicted octanol–water partition coefficient (Wildman–Crippen LogP) is 7.35. The highest BCUT2D eigenvalue weighted by Crippen LogP contribution is 2.36. The number of rotatable bonds is 8. The van der Waals surface area contributed by atoms with Crippen LogP contribution in [0.1, 0.15) is 34.6 Å². The van der Waals surface area contributed by atoms with Crippen LogP contribution in [0.4, 0.5) is 16.7 Å². The molecule has 2 saturated heterocycles. The van der Waals surface area contributed by atoms with Crippen LogP contribution < -0.4 is 29.9 Å². The Morgan fingerprint density at radius 2 is 1.25 bits per heavy atom. The summed E-state index contributed by atoms with van der Waals surface area (Å²) in [6, 6.07) is 19.9. The van der Waals surface area contributed by atoms with Crippen LogP contribution in [-0.4, -0.2) is 112 Å². The molecule has 4 N–H and O–H groups in total. The molecule has 0 radical (unpaired) electrons. The van der Waals surface area contributed by atoms with E-state index in [2.05, 4.69) is 48.6 Å². The molecule has 0 spiro atoms. The summed E-state index contributed by atoms with van der Waals surface area (Å²) in [5.74, 6) is 3.40. The highest BCUT2D eigenvalue weighted by atomic mass is 16.6. The topological polar surface area (TPSA) is 177 Å². The van der Waals surface area contributed by atoms with Crippen molar-refractivity contribution in [2.45, 2.75) is 40.2 Å². The zero-order valence-electron chi connectivity index (χ0n) is 35.2. The van der Waals surface area contributed by atoms with Crippen molar-refractivity contribution in [2.24, 2.45) is 0 Å². The van der Waals surface area contributed by atoms with E-state index in [1.54, 1.807) is 12.5 Å². The lowest BCUT2D eigenvalue weighted by atomic mass is 10.1. The van der Waals surface area contributed by atoms with Gasteiger partial charge in [-0.2, -0.15) is 9.97 Å². The first kappa shape index (κ1) is 39.8. The van der Waals surface area contributed by atoms with Gasteiger partial charge in [-0.1, -0.05) is 12.1 Å². The van der Waals surface area contributed by atoms with E-state index in [0.29, 0.717) is 30.9 Å². The Morgan fingerprint density at radius 1 is 0.705 bits per heavy atom. The van der Waals surface area contributed by atoms with Gasteiger partial charge in [-0.15, -0.1) is 0 Å². The summed E-state index contributed by atoms with van der Waals surface area (Å²) in [5, 5.41) is 8.76. The summed E-state index contributed by atoms with van der Waals surface area (Å²) < 4.78 is 24.3. The molecule has 61 heavy (non-hydrogen) atoms. The molecule has 0 aliphatic carbocycles. The minimum Gasteiger partial charge on any atom is -0.476 e. The molecule has 0 saturated carbocycles. The number of fused-ring (bicyclic) bond motifs is 6. The van der Waals surface area contributed by atoms with Crippen molar-refractivity contribution in [1.29, 1.82) is 0 Å². The molecule has 8 heterocycles. The van der Waals surface area contributed by atoms with Gasteiger partial charge in [0.2, 0.25) is 23.7 Å². The van der Waals surface area contributed by atoms with Crippen LogP contribution in [0.2, 0.25) is 0 Å². The molecule has 8 aromatic rings. The fourth-order valence-electron chi connectivity index (χ4n) is 7.79. The van der Waals surface area contributed by atoms with E-state index in [0.717, 1.165) is 125 Å². The Labute approximate surface area is 352 Å². The van der Waals surface area contributed by atoms with Crippen LogP contribution >= 0.6 is 0 Å². The largest absolute Gasteiger partial charge is 0.476 e. The van der Waals surface area contributed by atoms with E-state index >= 15 is 0 Å². The van der Waals surface area contributed by atoms with Crippen LogP contribution in [-0.2, 0) is 4.74 Å². The molecule has 2 aliphatic rings. The van der Waals surface area contributed by atoms with Gasteiger partial charge in [0.1, 0.15) is 33.4 Å². The van der Waals surface area contributed by atoms with Crippen LogP contribution in [0.15, 0.2) is 77.5 Å². The van der Waals surface area contributed by atoms with Crippen molar-refractivity contribution >= 4 is 61.9 Å². The molecule has 0 bridgehead atoms. The molecular formula is C45H51N11O5. The van der Waals surface area contributed by atoms with Crippen molar-refractivity contribution in [3.05, 3.63) is 73.1 Å². The van der Waals surface area contributed by atoms with Gasteiger partial charge in [-0.3, -0.25) is 4.57 Å². The maximum atomic E-state index is 12.7. The third-order valence-electron chi connectivity index (χ3n) is 10.6. The molecular weight excluding hydrogens is 775 g/mol. The molecule has 2 aliphatic heterocycles. The molecule has 10 rings (SSSR count). The summed E-state index contributed by atoms with van der Waals surface area (Å²) in [7, 11) is 0. The minimum atomic E-state index is -0.573.